The van der Waals surface area contributed by atoms with E-state index in [9.17, 15) is 22.8 Å². The van der Waals surface area contributed by atoms with Crippen molar-refractivity contribution in [1.29, 1.82) is 5.26 Å². The molecule has 3 nitrogen and oxygen atoms in total. The smallest absolute Gasteiger partial charge is 0.298 e. The Bertz CT molecular complexity index is 546. The topological polar surface area (TPSA) is 57.9 Å². The molecule has 0 aliphatic rings. The predicted molar refractivity (Wildman–Crippen MR) is 56.6 cm³/mol. The molecule has 0 aliphatic carbocycles. The van der Waals surface area contributed by atoms with Gasteiger partial charge in [0, 0.05) is 11.1 Å². The fourth-order valence-corrected chi connectivity index (χ4v) is 1.53. The Morgan fingerprint density at radius 1 is 1.44 bits per heavy atom. The number of nitrogens with zero attached hydrogens (tertiary/aromatic N) is 1. The zero-order chi connectivity index (χ0) is 13.9. The zero-order valence-corrected chi connectivity index (χ0v) is 9.47. The molecule has 1 aromatic carbocycles. The summed E-state index contributed by atoms with van der Waals surface area (Å²) in [5.41, 5.74) is -2.97. The molecule has 0 spiro atoms. The van der Waals surface area contributed by atoms with Crippen LogP contribution in [0.2, 0.25) is 0 Å². The van der Waals surface area contributed by atoms with Gasteiger partial charge in [-0.3, -0.25) is 9.59 Å². The van der Waals surface area contributed by atoms with E-state index in [1.807, 2.05) is 0 Å². The third-order valence-electron chi connectivity index (χ3n) is 2.15. The largest absolute Gasteiger partial charge is 0.417 e. The summed E-state index contributed by atoms with van der Waals surface area (Å²) in [6.45, 7) is 0. The van der Waals surface area contributed by atoms with Gasteiger partial charge in [0.05, 0.1) is 23.1 Å². The number of rotatable bonds is 3. The Morgan fingerprint density at radius 2 is 2.06 bits per heavy atom. The first-order valence-corrected chi connectivity index (χ1v) is 5.08. The zero-order valence-electron chi connectivity index (χ0n) is 8.71. The minimum atomic E-state index is -4.83. The number of halogens is 4. The number of alkyl halides is 4. The summed E-state index contributed by atoms with van der Waals surface area (Å²) >= 11 is 5.25. The van der Waals surface area contributed by atoms with Crippen LogP contribution in [0.4, 0.5) is 13.2 Å². The number of ketones is 1. The molecule has 0 aliphatic heterocycles. The van der Waals surface area contributed by atoms with Crippen molar-refractivity contribution in [3.8, 4) is 6.07 Å². The summed E-state index contributed by atoms with van der Waals surface area (Å²) < 4.78 is 38.1. The third-order valence-corrected chi connectivity index (χ3v) is 2.40. The quantitative estimate of drug-likeness (QED) is 0.484. The minimum Gasteiger partial charge on any atom is -0.298 e. The number of benzene rings is 1. The van der Waals surface area contributed by atoms with Crippen LogP contribution in [0.25, 0.3) is 0 Å². The molecule has 0 atom stereocenters. The van der Waals surface area contributed by atoms with Gasteiger partial charge in [-0.1, -0.05) is 0 Å². The molecule has 18 heavy (non-hydrogen) atoms. The molecule has 0 radical (unpaired) electrons. The molecule has 7 heteroatoms. The monoisotopic (exact) mass is 275 g/mol. The standard InChI is InChI=1S/C11H5ClF3NO2/c12-3-10(18)7-1-6(4-16)2-9(8(7)5-17)11(13,14)15/h1-2,5H,3H2. The van der Waals surface area contributed by atoms with Crippen molar-refractivity contribution in [2.45, 2.75) is 6.18 Å². The maximum atomic E-state index is 12.7. The number of hydrogen-bond acceptors (Lipinski definition) is 3. The van der Waals surface area contributed by atoms with Crippen molar-refractivity contribution in [1.82, 2.24) is 0 Å². The van der Waals surface area contributed by atoms with E-state index in [1.165, 1.54) is 6.07 Å². The van der Waals surface area contributed by atoms with E-state index in [4.69, 9.17) is 16.9 Å². The highest BCUT2D eigenvalue weighted by atomic mass is 35.5. The summed E-state index contributed by atoms with van der Waals surface area (Å²) in [5.74, 6) is -1.42. The Labute approximate surface area is 105 Å². The average molecular weight is 276 g/mol. The van der Waals surface area contributed by atoms with Crippen LogP contribution in [-0.2, 0) is 6.18 Å². The second-order valence-electron chi connectivity index (χ2n) is 3.27. The van der Waals surface area contributed by atoms with Gasteiger partial charge >= 0.3 is 6.18 Å². The molecule has 0 saturated carbocycles. The summed E-state index contributed by atoms with van der Waals surface area (Å²) in [6.07, 6.45) is -4.89. The van der Waals surface area contributed by atoms with Crippen LogP contribution in [0.3, 0.4) is 0 Å². The SMILES string of the molecule is N#Cc1cc(C(=O)CCl)c(C=O)c(C(F)(F)F)c1. The molecule has 0 unspecified atom stereocenters. The summed E-state index contributed by atoms with van der Waals surface area (Å²) in [7, 11) is 0. The van der Waals surface area contributed by atoms with Gasteiger partial charge in [-0.05, 0) is 12.1 Å². The van der Waals surface area contributed by atoms with Crippen LogP contribution < -0.4 is 0 Å². The molecule has 0 saturated heterocycles. The molecule has 0 bridgehead atoms. The van der Waals surface area contributed by atoms with Crippen molar-refractivity contribution in [3.63, 3.8) is 0 Å². The summed E-state index contributed by atoms with van der Waals surface area (Å²) in [4.78, 5) is 22.1. The van der Waals surface area contributed by atoms with Gasteiger partial charge in [0.1, 0.15) is 0 Å². The average Bonchev–Trinajstić information content (AvgIpc) is 2.34. The van der Waals surface area contributed by atoms with Crippen molar-refractivity contribution in [2.75, 3.05) is 5.88 Å². The van der Waals surface area contributed by atoms with E-state index in [0.717, 1.165) is 6.07 Å². The van der Waals surface area contributed by atoms with Gasteiger partial charge in [0.2, 0.25) is 0 Å². The van der Waals surface area contributed by atoms with Gasteiger partial charge in [0.25, 0.3) is 0 Å². The lowest BCUT2D eigenvalue weighted by atomic mass is 9.96. The lowest BCUT2D eigenvalue weighted by Crippen LogP contribution is -2.15. The van der Waals surface area contributed by atoms with E-state index in [0.29, 0.717) is 6.07 Å². The second-order valence-corrected chi connectivity index (χ2v) is 3.54. The first kappa shape index (κ1) is 14.2. The highest BCUT2D eigenvalue weighted by Crippen LogP contribution is 2.33. The number of aldehydes is 1. The first-order valence-electron chi connectivity index (χ1n) is 4.54. The molecule has 0 fully saturated rings. The van der Waals surface area contributed by atoms with Crippen molar-refractivity contribution in [3.05, 3.63) is 34.4 Å². The lowest BCUT2D eigenvalue weighted by Gasteiger charge is -2.12. The van der Waals surface area contributed by atoms with E-state index >= 15 is 0 Å². The normalized spacial score (nSPS) is 10.8. The molecule has 1 rings (SSSR count). The summed E-state index contributed by atoms with van der Waals surface area (Å²) in [6, 6.07) is 2.94. The number of Topliss-reactive ketones (excluding diaryl/α,β-unsaturated/α-hetero) is 1. The van der Waals surface area contributed by atoms with Gasteiger partial charge in [-0.2, -0.15) is 18.4 Å². The van der Waals surface area contributed by atoms with Crippen LogP contribution >= 0.6 is 11.6 Å². The summed E-state index contributed by atoms with van der Waals surface area (Å²) in [5, 5.41) is 8.62. The van der Waals surface area contributed by atoms with Crippen molar-refractivity contribution in [2.24, 2.45) is 0 Å². The number of nitriles is 1. The molecule has 0 amide bonds. The Morgan fingerprint density at radius 3 is 2.44 bits per heavy atom. The van der Waals surface area contributed by atoms with E-state index in [2.05, 4.69) is 0 Å². The van der Waals surface area contributed by atoms with Crippen molar-refractivity contribution >= 4 is 23.7 Å². The fraction of sp³-hybridized carbons (Fsp3) is 0.182. The van der Waals surface area contributed by atoms with Crippen molar-refractivity contribution < 1.29 is 22.8 Å². The van der Waals surface area contributed by atoms with Gasteiger partial charge < -0.3 is 0 Å². The maximum absolute atomic E-state index is 12.7. The Hall–Kier alpha value is -1.87. The van der Waals surface area contributed by atoms with E-state index in [1.54, 1.807) is 0 Å². The van der Waals surface area contributed by atoms with Crippen LogP contribution in [0, 0.1) is 11.3 Å². The highest BCUT2D eigenvalue weighted by molar-refractivity contribution is 6.31. The molecular weight excluding hydrogens is 271 g/mol. The van der Waals surface area contributed by atoms with Gasteiger partial charge in [0.15, 0.2) is 12.1 Å². The maximum Gasteiger partial charge on any atom is 0.417 e. The van der Waals surface area contributed by atoms with Gasteiger partial charge in [-0.25, -0.2) is 0 Å². The number of carbonyl (C=O) groups excluding carboxylic acids is 2. The minimum absolute atomic E-state index is 0.0657. The molecular formula is C11H5ClF3NO2. The van der Waals surface area contributed by atoms with Crippen LogP contribution in [0.15, 0.2) is 12.1 Å². The van der Waals surface area contributed by atoms with Crippen LogP contribution in [0.5, 0.6) is 0 Å². The number of carbonyl (C=O) groups is 2. The molecule has 0 aromatic heterocycles. The molecule has 0 heterocycles. The number of hydrogen-bond donors (Lipinski definition) is 0. The first-order chi connectivity index (χ1) is 8.35. The van der Waals surface area contributed by atoms with Crippen LogP contribution in [0.1, 0.15) is 31.8 Å². The second kappa shape index (κ2) is 5.19. The Balaban J connectivity index is 3.67. The Kier molecular flexibility index (Phi) is 4.09. The predicted octanol–water partition coefficient (Wildman–Crippen LogP) is 2.81. The lowest BCUT2D eigenvalue weighted by molar-refractivity contribution is -0.137. The van der Waals surface area contributed by atoms with Crippen LogP contribution in [-0.4, -0.2) is 17.9 Å². The molecule has 94 valence electrons. The fourth-order valence-electron chi connectivity index (χ4n) is 1.38. The highest BCUT2D eigenvalue weighted by Gasteiger charge is 2.35. The molecule has 0 N–H and O–H groups in total. The van der Waals surface area contributed by atoms with Gasteiger partial charge in [-0.15, -0.1) is 11.6 Å². The van der Waals surface area contributed by atoms with E-state index < -0.39 is 34.5 Å². The molecule has 1 aromatic rings. The van der Waals surface area contributed by atoms with E-state index in [-0.39, 0.29) is 11.8 Å². The third kappa shape index (κ3) is 2.68.